The van der Waals surface area contributed by atoms with Gasteiger partial charge in [0.05, 0.1) is 29.2 Å². The number of likely N-dealkylation sites (tertiary alicyclic amines) is 1. The van der Waals surface area contributed by atoms with Crippen molar-refractivity contribution in [1.82, 2.24) is 14.7 Å². The van der Waals surface area contributed by atoms with Gasteiger partial charge in [0, 0.05) is 34.7 Å². The Morgan fingerprint density at radius 1 is 0.707 bits per heavy atom. The maximum Gasteiger partial charge on any atom is 0.256 e. The Bertz CT molecular complexity index is 2210. The summed E-state index contributed by atoms with van der Waals surface area (Å²) in [5.41, 5.74) is 4.17. The zero-order valence-electron chi connectivity index (χ0n) is 41.6. The normalized spacial score (nSPS) is 25.0. The van der Waals surface area contributed by atoms with Gasteiger partial charge in [-0.25, -0.2) is 0 Å². The molecule has 0 N–H and O–H groups in total. The van der Waals surface area contributed by atoms with Crippen LogP contribution in [0.3, 0.4) is 0 Å². The van der Waals surface area contributed by atoms with E-state index < -0.39 is 56.2 Å². The number of amides is 3. The number of carbonyl (C=O) groups excluding carboxylic acids is 3. The minimum Gasteiger partial charge on any atom is -0.482 e. The fourth-order valence-electron chi connectivity index (χ4n) is 11.1. The molecule has 0 unspecified atom stereocenters. The number of likely N-dealkylation sites (N-methyl/N-ethyl adjacent to an activating group) is 1. The van der Waals surface area contributed by atoms with Crippen molar-refractivity contribution < 1.29 is 25.2 Å². The van der Waals surface area contributed by atoms with Gasteiger partial charge in [-0.1, -0.05) is 34.3 Å². The summed E-state index contributed by atoms with van der Waals surface area (Å²) in [4.78, 5) is 49.2. The number of rotatable bonds is 6. The lowest BCUT2D eigenvalue weighted by molar-refractivity contribution is -0.247. The lowest BCUT2D eigenvalue weighted by Crippen LogP contribution is -2.75. The highest BCUT2D eigenvalue weighted by Crippen LogP contribution is 2.58. The molecule has 3 aliphatic heterocycles. The van der Waals surface area contributed by atoms with Crippen molar-refractivity contribution in [3.63, 3.8) is 0 Å². The smallest absolute Gasteiger partial charge is 0.256 e. The molecule has 3 amide bonds. The van der Waals surface area contributed by atoms with Gasteiger partial charge in [-0.2, -0.15) is 0 Å². The highest BCUT2D eigenvalue weighted by Gasteiger charge is 2.63. The Labute approximate surface area is 352 Å². The third kappa shape index (κ3) is 5.72. The van der Waals surface area contributed by atoms with Gasteiger partial charge in [0.15, 0.2) is 0 Å². The van der Waals surface area contributed by atoms with Crippen LogP contribution in [0.15, 0.2) is 12.3 Å². The van der Waals surface area contributed by atoms with E-state index in [1.807, 2.05) is 76.2 Å². The molecule has 0 radical (unpaired) electrons. The van der Waals surface area contributed by atoms with E-state index >= 15 is 4.79 Å². The number of hydrogen-bond acceptors (Lipinski definition) is 5. The second kappa shape index (κ2) is 12.9. The summed E-state index contributed by atoms with van der Waals surface area (Å²) in [6.45, 7) is 51.1. The minimum absolute atomic E-state index is 0.0492. The van der Waals surface area contributed by atoms with Crippen LogP contribution in [0.25, 0.3) is 0 Å². The summed E-state index contributed by atoms with van der Waals surface area (Å²) in [6.07, 6.45) is 0. The maximum atomic E-state index is 15.2. The van der Waals surface area contributed by atoms with Crippen LogP contribution < -0.4 is 4.74 Å². The van der Waals surface area contributed by atoms with Crippen molar-refractivity contribution in [2.45, 2.75) is 199 Å². The molecule has 3 aliphatic rings. The largest absolute Gasteiger partial charge is 0.482 e. The van der Waals surface area contributed by atoms with Gasteiger partial charge in [0.1, 0.15) is 23.0 Å². The fourth-order valence-corrected chi connectivity index (χ4v) is 11.1. The topological polar surface area (TPSA) is 79.4 Å². The molecular weight excluding hydrogens is 723 g/mol. The van der Waals surface area contributed by atoms with Crippen LogP contribution >= 0.6 is 0 Å². The Kier molecular flexibility index (Phi) is 9.79. The molecule has 8 heteroatoms. The van der Waals surface area contributed by atoms with E-state index in [2.05, 4.69) is 94.6 Å². The number of carbonyl (C=O) groups is 3. The SMILES string of the molecule is [2H][C@@]1(N2C(=O)c3c(C)c(C)c(C)c(OC(C)(C)c4c(C)c(C)c(C(C)(C)N5C(=O)C(C)(C)OC(C)(C)C5(C)C)c(C)c4C)c3C2(C)C)C(=O)N(C)C(=C)C(C)(C)C1(C)C. The number of piperidine rings is 1. The molecule has 2 aromatic rings. The number of fused-ring (bicyclic) bond motifs is 1. The van der Waals surface area contributed by atoms with E-state index in [1.54, 1.807) is 7.05 Å². The summed E-state index contributed by atoms with van der Waals surface area (Å²) >= 11 is 0. The van der Waals surface area contributed by atoms with Crippen molar-refractivity contribution in [2.75, 3.05) is 7.05 Å². The van der Waals surface area contributed by atoms with E-state index in [4.69, 9.17) is 9.47 Å². The van der Waals surface area contributed by atoms with Crippen molar-refractivity contribution in [3.8, 4) is 5.75 Å². The molecule has 2 fully saturated rings. The second-order valence-electron chi connectivity index (χ2n) is 21.8. The zero-order chi connectivity index (χ0) is 45.9. The van der Waals surface area contributed by atoms with Gasteiger partial charge >= 0.3 is 0 Å². The molecule has 58 heavy (non-hydrogen) atoms. The summed E-state index contributed by atoms with van der Waals surface area (Å²) < 4.78 is 24.1. The third-order valence-corrected chi connectivity index (χ3v) is 15.9. The van der Waals surface area contributed by atoms with Gasteiger partial charge in [-0.15, -0.1) is 0 Å². The Morgan fingerprint density at radius 2 is 1.17 bits per heavy atom. The summed E-state index contributed by atoms with van der Waals surface area (Å²) in [5, 5.41) is 0. The second-order valence-corrected chi connectivity index (χ2v) is 21.8. The first-order chi connectivity index (χ1) is 26.2. The Hall–Kier alpha value is -3.65. The molecule has 0 saturated carbocycles. The van der Waals surface area contributed by atoms with Crippen molar-refractivity contribution in [2.24, 2.45) is 10.8 Å². The van der Waals surface area contributed by atoms with Crippen LogP contribution in [-0.2, 0) is 31.0 Å². The average Bonchev–Trinajstić information content (AvgIpc) is 3.29. The number of benzene rings is 2. The first-order valence-electron chi connectivity index (χ1n) is 21.5. The number of morpholine rings is 1. The molecule has 1 atom stereocenters. The molecular formula is C50H75N3O5. The number of hydrogen-bond donors (Lipinski definition) is 0. The molecule has 0 bridgehead atoms. The van der Waals surface area contributed by atoms with E-state index in [1.165, 1.54) is 9.80 Å². The summed E-state index contributed by atoms with van der Waals surface area (Å²) in [7, 11) is 1.66. The van der Waals surface area contributed by atoms with Crippen LogP contribution in [-0.4, -0.2) is 62.2 Å². The van der Waals surface area contributed by atoms with Gasteiger partial charge in [-0.05, 0) is 176 Å². The van der Waals surface area contributed by atoms with Crippen LogP contribution in [0.4, 0.5) is 0 Å². The van der Waals surface area contributed by atoms with E-state index in [0.29, 0.717) is 22.6 Å². The highest BCUT2D eigenvalue weighted by molar-refractivity contribution is 6.05. The van der Waals surface area contributed by atoms with Crippen LogP contribution in [0.5, 0.6) is 5.75 Å². The molecule has 0 aromatic heterocycles. The number of nitrogens with zero attached hydrogens (tertiary/aromatic N) is 3. The van der Waals surface area contributed by atoms with Crippen molar-refractivity contribution in [3.05, 3.63) is 73.5 Å². The van der Waals surface area contributed by atoms with Gasteiger partial charge < -0.3 is 24.2 Å². The molecule has 8 nitrogen and oxygen atoms in total. The lowest BCUT2D eigenvalue weighted by Gasteiger charge is -2.62. The standard InChI is InChI=1S/C50H75N3O5/c1-26-27(2)34-37(45(13,14)52(40(34)54)39-41(55)51(25)33(8)43(9,10)44(39,11)12)38(32(26)7)57-47(17,18)36-30(5)28(3)35(29(4)31(36)6)46(15,16)53-42(56)48(19,20)58-50(23,24)49(53,21)22/h39H,8H2,1-7,9-25H3/t39-/m1/s1/i39D. The van der Waals surface area contributed by atoms with Gasteiger partial charge in [0.2, 0.25) is 5.91 Å². The number of allylic oxidation sites excluding steroid dienone is 1. The molecule has 2 saturated heterocycles. The first-order valence-corrected chi connectivity index (χ1v) is 21.0. The summed E-state index contributed by atoms with van der Waals surface area (Å²) in [6, 6.07) is -1.97. The molecule has 0 aliphatic carbocycles. The van der Waals surface area contributed by atoms with Gasteiger partial charge in [-0.3, -0.25) is 14.4 Å². The molecule has 320 valence electrons. The molecule has 5 rings (SSSR count). The number of ether oxygens (including phenoxy) is 2. The van der Waals surface area contributed by atoms with Crippen LogP contribution in [0.1, 0.15) is 178 Å². The predicted octanol–water partition coefficient (Wildman–Crippen LogP) is 10.7. The Balaban J connectivity index is 1.72. The van der Waals surface area contributed by atoms with E-state index in [-0.39, 0.29) is 11.8 Å². The minimum atomic E-state index is -1.97. The summed E-state index contributed by atoms with van der Waals surface area (Å²) in [5.74, 6) is -0.283. The van der Waals surface area contributed by atoms with Crippen LogP contribution in [0.2, 0.25) is 0 Å². The average molecular weight is 799 g/mol. The highest BCUT2D eigenvalue weighted by atomic mass is 16.5. The molecule has 0 spiro atoms. The predicted molar refractivity (Wildman–Crippen MR) is 235 cm³/mol. The fraction of sp³-hybridized carbons (Fsp3) is 0.660. The van der Waals surface area contributed by atoms with Crippen molar-refractivity contribution in [1.29, 1.82) is 0 Å². The van der Waals surface area contributed by atoms with Crippen molar-refractivity contribution >= 4 is 17.7 Å². The van der Waals surface area contributed by atoms with E-state index in [0.717, 1.165) is 50.1 Å². The van der Waals surface area contributed by atoms with E-state index in [9.17, 15) is 11.0 Å². The van der Waals surface area contributed by atoms with Gasteiger partial charge in [0.25, 0.3) is 11.8 Å². The lowest BCUT2D eigenvalue weighted by atomic mass is 9.58. The Morgan fingerprint density at radius 3 is 1.66 bits per heavy atom. The quantitative estimate of drug-likeness (QED) is 0.291. The molecule has 2 aromatic carbocycles. The van der Waals surface area contributed by atoms with Crippen LogP contribution in [0, 0.1) is 59.3 Å². The maximum absolute atomic E-state index is 15.2. The first kappa shape index (κ1) is 43.9. The zero-order valence-corrected chi connectivity index (χ0v) is 40.6. The third-order valence-electron chi connectivity index (χ3n) is 15.9. The molecule has 3 heterocycles. The monoisotopic (exact) mass is 799 g/mol.